The van der Waals surface area contributed by atoms with Gasteiger partial charge in [0.1, 0.15) is 0 Å². The molecule has 4 heteroatoms. The molecule has 66 valence electrons. The van der Waals surface area contributed by atoms with E-state index >= 15 is 0 Å². The molecule has 1 N–H and O–H groups in total. The number of pyridine rings is 1. The topological polar surface area (TPSA) is 42.0 Å². The molecule has 1 rings (SSSR count). The number of anilines is 1. The second kappa shape index (κ2) is 4.48. The Hall–Kier alpha value is -1.53. The molecule has 0 fully saturated rings. The average molecular weight is 195 g/mol. The Labute approximate surface area is 81.1 Å². The monoisotopic (exact) mass is 194 g/mol. The fourth-order valence-electron chi connectivity index (χ4n) is 0.730. The second-order valence-electron chi connectivity index (χ2n) is 2.16. The maximum Gasteiger partial charge on any atom is 0.301 e. The molecule has 3 nitrogen and oxygen atoms in total. The Balaban J connectivity index is 2.78. The predicted octanol–water partition coefficient (Wildman–Crippen LogP) is 1.70. The van der Waals surface area contributed by atoms with Crippen molar-refractivity contribution in [2.24, 2.45) is 0 Å². The summed E-state index contributed by atoms with van der Waals surface area (Å²) in [6, 6.07) is 3.33. The van der Waals surface area contributed by atoms with Crippen LogP contribution in [0.3, 0.4) is 0 Å². The van der Waals surface area contributed by atoms with Crippen LogP contribution < -0.4 is 5.32 Å². The molecule has 1 aromatic heterocycles. The van der Waals surface area contributed by atoms with Gasteiger partial charge in [0, 0.05) is 6.20 Å². The molecular formula is C9H7ClN2O. The summed E-state index contributed by atoms with van der Waals surface area (Å²) in [5.41, 5.74) is 0. The Morgan fingerprint density at radius 1 is 1.69 bits per heavy atom. The summed E-state index contributed by atoms with van der Waals surface area (Å²) >= 11 is 5.74. The smallest absolute Gasteiger partial charge is 0.298 e. The molecule has 0 atom stereocenters. The van der Waals surface area contributed by atoms with Crippen LogP contribution in [0.5, 0.6) is 0 Å². The second-order valence-corrected chi connectivity index (χ2v) is 2.57. The van der Waals surface area contributed by atoms with E-state index in [0.717, 1.165) is 0 Å². The Morgan fingerprint density at radius 2 is 2.46 bits per heavy atom. The van der Waals surface area contributed by atoms with Crippen molar-refractivity contribution in [3.63, 3.8) is 0 Å². The summed E-state index contributed by atoms with van der Waals surface area (Å²) in [6.07, 6.45) is 1.54. The van der Waals surface area contributed by atoms with Gasteiger partial charge >= 0.3 is 5.91 Å². The number of carbonyl (C=O) groups excluding carboxylic acids is 1. The van der Waals surface area contributed by atoms with Gasteiger partial charge in [-0.3, -0.25) is 10.1 Å². The first-order chi connectivity index (χ1) is 6.24. The van der Waals surface area contributed by atoms with E-state index < -0.39 is 5.91 Å². The summed E-state index contributed by atoms with van der Waals surface area (Å²) in [5.74, 6) is 4.71. The van der Waals surface area contributed by atoms with Crippen LogP contribution in [0, 0.1) is 11.8 Å². The largest absolute Gasteiger partial charge is 0.301 e. The number of carbonyl (C=O) groups is 1. The van der Waals surface area contributed by atoms with Crippen LogP contribution in [0.2, 0.25) is 5.02 Å². The van der Waals surface area contributed by atoms with E-state index in [-0.39, 0.29) is 0 Å². The van der Waals surface area contributed by atoms with E-state index in [1.54, 1.807) is 25.3 Å². The van der Waals surface area contributed by atoms with Crippen LogP contribution in [0.25, 0.3) is 0 Å². The van der Waals surface area contributed by atoms with Crippen molar-refractivity contribution < 1.29 is 4.79 Å². The van der Waals surface area contributed by atoms with Gasteiger partial charge in [0.05, 0.1) is 5.02 Å². The third-order valence-electron chi connectivity index (χ3n) is 1.23. The molecule has 1 aromatic rings. The lowest BCUT2D eigenvalue weighted by molar-refractivity contribution is -0.111. The SMILES string of the molecule is CC#CC(=O)Nc1ncccc1Cl. The Morgan fingerprint density at radius 3 is 3.08 bits per heavy atom. The van der Waals surface area contributed by atoms with E-state index in [0.29, 0.717) is 10.8 Å². The van der Waals surface area contributed by atoms with Gasteiger partial charge in [0.2, 0.25) is 0 Å². The van der Waals surface area contributed by atoms with Crippen LogP contribution >= 0.6 is 11.6 Å². The molecule has 1 heterocycles. The normalized spacial score (nSPS) is 8.46. The highest BCUT2D eigenvalue weighted by atomic mass is 35.5. The van der Waals surface area contributed by atoms with Crippen molar-refractivity contribution >= 4 is 23.3 Å². The first-order valence-corrected chi connectivity index (χ1v) is 3.96. The minimum absolute atomic E-state index is 0.330. The zero-order chi connectivity index (χ0) is 9.68. The summed E-state index contributed by atoms with van der Waals surface area (Å²) in [6.45, 7) is 1.58. The van der Waals surface area contributed by atoms with Crippen molar-refractivity contribution in [2.75, 3.05) is 5.32 Å². The molecule has 0 saturated heterocycles. The van der Waals surface area contributed by atoms with Gasteiger partial charge in [-0.05, 0) is 25.0 Å². The van der Waals surface area contributed by atoms with Gasteiger partial charge < -0.3 is 0 Å². The van der Waals surface area contributed by atoms with E-state index in [2.05, 4.69) is 22.1 Å². The highest BCUT2D eigenvalue weighted by molar-refractivity contribution is 6.33. The molecule has 0 unspecified atom stereocenters. The average Bonchev–Trinajstić information content (AvgIpc) is 2.09. The lowest BCUT2D eigenvalue weighted by Crippen LogP contribution is -2.09. The molecule has 13 heavy (non-hydrogen) atoms. The standard InChI is InChI=1S/C9H7ClN2O/c1-2-4-8(13)12-9-7(10)5-3-6-11-9/h3,5-6H,1H3,(H,11,12,13). The van der Waals surface area contributed by atoms with Crippen LogP contribution in [0.1, 0.15) is 6.92 Å². The molecule has 0 aliphatic rings. The van der Waals surface area contributed by atoms with Crippen molar-refractivity contribution in [3.05, 3.63) is 23.4 Å². The quantitative estimate of drug-likeness (QED) is 0.692. The summed E-state index contributed by atoms with van der Waals surface area (Å²) in [4.78, 5) is 14.9. The lowest BCUT2D eigenvalue weighted by atomic mass is 10.4. The van der Waals surface area contributed by atoms with Gasteiger partial charge in [-0.25, -0.2) is 4.98 Å². The van der Waals surface area contributed by atoms with Crippen LogP contribution in [-0.2, 0) is 4.79 Å². The predicted molar refractivity (Wildman–Crippen MR) is 51.3 cm³/mol. The van der Waals surface area contributed by atoms with E-state index in [1.165, 1.54) is 0 Å². The van der Waals surface area contributed by atoms with Gasteiger partial charge in [0.15, 0.2) is 5.82 Å². The van der Waals surface area contributed by atoms with Gasteiger partial charge in [-0.2, -0.15) is 0 Å². The van der Waals surface area contributed by atoms with Crippen LogP contribution in [0.15, 0.2) is 18.3 Å². The molecule has 0 spiro atoms. The highest BCUT2D eigenvalue weighted by Gasteiger charge is 2.02. The number of amides is 1. The number of rotatable bonds is 1. The number of halogens is 1. The van der Waals surface area contributed by atoms with Crippen molar-refractivity contribution in [1.29, 1.82) is 0 Å². The minimum atomic E-state index is -0.414. The molecule has 1 amide bonds. The first kappa shape index (κ1) is 9.56. The number of nitrogens with zero attached hydrogens (tertiary/aromatic N) is 1. The van der Waals surface area contributed by atoms with Gasteiger partial charge in [-0.1, -0.05) is 17.5 Å². The van der Waals surface area contributed by atoms with Crippen molar-refractivity contribution in [3.8, 4) is 11.8 Å². The third-order valence-corrected chi connectivity index (χ3v) is 1.53. The molecule has 0 aliphatic carbocycles. The van der Waals surface area contributed by atoms with E-state index in [4.69, 9.17) is 11.6 Å². The van der Waals surface area contributed by atoms with Crippen molar-refractivity contribution in [1.82, 2.24) is 4.98 Å². The Bertz CT molecular complexity index is 379. The van der Waals surface area contributed by atoms with Crippen LogP contribution in [0.4, 0.5) is 5.82 Å². The maximum atomic E-state index is 11.0. The highest BCUT2D eigenvalue weighted by Crippen LogP contribution is 2.16. The summed E-state index contributed by atoms with van der Waals surface area (Å²) < 4.78 is 0. The maximum absolute atomic E-state index is 11.0. The van der Waals surface area contributed by atoms with E-state index in [9.17, 15) is 4.79 Å². The van der Waals surface area contributed by atoms with Gasteiger partial charge in [0.25, 0.3) is 0 Å². The molecule has 0 radical (unpaired) electrons. The van der Waals surface area contributed by atoms with Crippen molar-refractivity contribution in [2.45, 2.75) is 6.92 Å². The van der Waals surface area contributed by atoms with Crippen LogP contribution in [-0.4, -0.2) is 10.9 Å². The summed E-state index contributed by atoms with van der Waals surface area (Å²) in [7, 11) is 0. The fourth-order valence-corrected chi connectivity index (χ4v) is 0.899. The zero-order valence-electron chi connectivity index (χ0n) is 6.97. The number of hydrogen-bond acceptors (Lipinski definition) is 2. The number of aromatic nitrogens is 1. The first-order valence-electron chi connectivity index (χ1n) is 3.58. The number of hydrogen-bond donors (Lipinski definition) is 1. The zero-order valence-corrected chi connectivity index (χ0v) is 7.72. The number of nitrogens with one attached hydrogen (secondary N) is 1. The third kappa shape index (κ3) is 2.77. The van der Waals surface area contributed by atoms with E-state index in [1.807, 2.05) is 0 Å². The molecule has 0 saturated carbocycles. The molecule has 0 aromatic carbocycles. The molecule has 0 aliphatic heterocycles. The Kier molecular flexibility index (Phi) is 3.30. The summed E-state index contributed by atoms with van der Waals surface area (Å²) in [5, 5.41) is 2.85. The fraction of sp³-hybridized carbons (Fsp3) is 0.111. The molecular weight excluding hydrogens is 188 g/mol. The molecule has 0 bridgehead atoms. The minimum Gasteiger partial charge on any atom is -0.298 e. The lowest BCUT2D eigenvalue weighted by Gasteiger charge is -2.00. The van der Waals surface area contributed by atoms with Gasteiger partial charge in [-0.15, -0.1) is 0 Å².